The molecule has 46 heavy (non-hydrogen) atoms. The lowest BCUT2D eigenvalue weighted by molar-refractivity contribution is 1.26. The molecule has 4 heteroatoms. The standard InChI is InChI=1S/C42H24N4/c43-25-35-21-33(17-19-45-35)29-9-5-27(6-10-29)31-13-15-39-37-3-1-2-4-38(37)40-16-14-32(24-42(40)41(39)23-31)28-7-11-30(12-8-28)34-18-20-46-36(22-34)26-44/h1-24H. The summed E-state index contributed by atoms with van der Waals surface area (Å²) in [7, 11) is 0. The summed E-state index contributed by atoms with van der Waals surface area (Å²) in [6.45, 7) is 0. The highest BCUT2D eigenvalue weighted by Crippen LogP contribution is 2.39. The molecule has 0 atom stereocenters. The third-order valence-corrected chi connectivity index (χ3v) is 8.69. The van der Waals surface area contributed by atoms with Crippen molar-refractivity contribution in [2.45, 2.75) is 0 Å². The Morgan fingerprint density at radius 2 is 0.652 bits per heavy atom. The summed E-state index contributed by atoms with van der Waals surface area (Å²) in [5, 5.41) is 25.9. The van der Waals surface area contributed by atoms with Gasteiger partial charge in [-0.05, 0) is 113 Å². The Kier molecular flexibility index (Phi) is 6.53. The third kappa shape index (κ3) is 4.72. The molecular formula is C42H24N4. The van der Waals surface area contributed by atoms with E-state index in [9.17, 15) is 10.5 Å². The monoisotopic (exact) mass is 584 g/mol. The average Bonchev–Trinajstić information content (AvgIpc) is 3.14. The van der Waals surface area contributed by atoms with Crippen LogP contribution < -0.4 is 0 Å². The summed E-state index contributed by atoms with van der Waals surface area (Å²) in [5.41, 5.74) is 9.41. The molecule has 212 valence electrons. The predicted octanol–water partition coefficient (Wildman–Crippen LogP) is 10.3. The van der Waals surface area contributed by atoms with Crippen molar-refractivity contribution in [1.82, 2.24) is 9.97 Å². The second-order valence-corrected chi connectivity index (χ2v) is 11.3. The second kappa shape index (κ2) is 11.1. The number of hydrogen-bond donors (Lipinski definition) is 0. The molecule has 0 N–H and O–H groups in total. The van der Waals surface area contributed by atoms with Crippen LogP contribution in [0.3, 0.4) is 0 Å². The van der Waals surface area contributed by atoms with Crippen LogP contribution in [0.25, 0.3) is 76.8 Å². The van der Waals surface area contributed by atoms with Crippen LogP contribution in [-0.4, -0.2) is 9.97 Å². The van der Waals surface area contributed by atoms with E-state index in [0.717, 1.165) is 44.5 Å². The molecule has 2 heterocycles. The molecule has 0 saturated heterocycles. The van der Waals surface area contributed by atoms with Crippen molar-refractivity contribution >= 4 is 32.3 Å². The van der Waals surface area contributed by atoms with E-state index in [0.29, 0.717) is 11.4 Å². The molecule has 8 rings (SSSR count). The van der Waals surface area contributed by atoms with Crippen LogP contribution in [0.4, 0.5) is 0 Å². The van der Waals surface area contributed by atoms with Crippen molar-refractivity contribution < 1.29 is 0 Å². The fourth-order valence-corrected chi connectivity index (χ4v) is 6.37. The Hall–Kier alpha value is -6.62. The van der Waals surface area contributed by atoms with Gasteiger partial charge in [-0.15, -0.1) is 0 Å². The SMILES string of the molecule is N#Cc1cc(-c2ccc(-c3ccc4c5ccccc5c5ccc(-c6ccc(-c7ccnc(C#N)c7)cc6)cc5c4c3)cc2)ccn1. The van der Waals surface area contributed by atoms with Gasteiger partial charge in [-0.25, -0.2) is 9.97 Å². The number of rotatable bonds is 4. The number of nitriles is 2. The molecule has 0 fully saturated rings. The van der Waals surface area contributed by atoms with Crippen LogP contribution in [0.2, 0.25) is 0 Å². The van der Waals surface area contributed by atoms with Crippen molar-refractivity contribution in [3.05, 3.63) is 157 Å². The number of pyridine rings is 2. The lowest BCUT2D eigenvalue weighted by atomic mass is 9.90. The van der Waals surface area contributed by atoms with E-state index >= 15 is 0 Å². The topological polar surface area (TPSA) is 73.4 Å². The number of fused-ring (bicyclic) bond motifs is 6. The average molecular weight is 585 g/mol. The number of hydrogen-bond acceptors (Lipinski definition) is 4. The molecule has 4 nitrogen and oxygen atoms in total. The lowest BCUT2D eigenvalue weighted by Gasteiger charge is -2.14. The predicted molar refractivity (Wildman–Crippen MR) is 186 cm³/mol. The van der Waals surface area contributed by atoms with Crippen LogP contribution in [0.1, 0.15) is 11.4 Å². The summed E-state index contributed by atoms with van der Waals surface area (Å²) in [4.78, 5) is 8.20. The van der Waals surface area contributed by atoms with E-state index in [2.05, 4.69) is 131 Å². The number of nitrogens with zero attached hydrogens (tertiary/aromatic N) is 4. The lowest BCUT2D eigenvalue weighted by Crippen LogP contribution is -1.88. The Balaban J connectivity index is 1.24. The van der Waals surface area contributed by atoms with Crippen molar-refractivity contribution in [3.8, 4) is 56.6 Å². The molecule has 0 unspecified atom stereocenters. The largest absolute Gasteiger partial charge is 0.246 e. The molecular weight excluding hydrogens is 560 g/mol. The van der Waals surface area contributed by atoms with Gasteiger partial charge < -0.3 is 0 Å². The fourth-order valence-electron chi connectivity index (χ4n) is 6.37. The molecule has 0 aliphatic heterocycles. The molecule has 0 spiro atoms. The molecule has 0 aliphatic carbocycles. The molecule has 2 aromatic heterocycles. The van der Waals surface area contributed by atoms with Gasteiger partial charge in [0.25, 0.3) is 0 Å². The van der Waals surface area contributed by atoms with E-state index in [-0.39, 0.29) is 0 Å². The zero-order valence-electron chi connectivity index (χ0n) is 24.6. The van der Waals surface area contributed by atoms with E-state index in [4.69, 9.17) is 0 Å². The van der Waals surface area contributed by atoms with E-state index in [1.165, 1.54) is 32.3 Å². The minimum atomic E-state index is 0.411. The molecule has 0 saturated carbocycles. The van der Waals surface area contributed by atoms with Gasteiger partial charge in [-0.3, -0.25) is 0 Å². The van der Waals surface area contributed by atoms with Crippen LogP contribution in [0.15, 0.2) is 146 Å². The van der Waals surface area contributed by atoms with Gasteiger partial charge in [-0.1, -0.05) is 97.1 Å². The van der Waals surface area contributed by atoms with E-state index in [1.54, 1.807) is 12.4 Å². The van der Waals surface area contributed by atoms with Gasteiger partial charge in [0.05, 0.1) is 0 Å². The summed E-state index contributed by atoms with van der Waals surface area (Å²) >= 11 is 0. The summed E-state index contributed by atoms with van der Waals surface area (Å²) in [6, 6.07) is 50.8. The van der Waals surface area contributed by atoms with Crippen LogP contribution in [0.5, 0.6) is 0 Å². The van der Waals surface area contributed by atoms with Crippen LogP contribution in [0, 0.1) is 22.7 Å². The molecule has 0 amide bonds. The van der Waals surface area contributed by atoms with Crippen molar-refractivity contribution in [3.63, 3.8) is 0 Å². The first kappa shape index (κ1) is 27.0. The van der Waals surface area contributed by atoms with Crippen molar-refractivity contribution in [2.75, 3.05) is 0 Å². The highest BCUT2D eigenvalue weighted by Gasteiger charge is 2.12. The van der Waals surface area contributed by atoms with Crippen LogP contribution >= 0.6 is 0 Å². The van der Waals surface area contributed by atoms with Gasteiger partial charge in [0.15, 0.2) is 0 Å². The van der Waals surface area contributed by atoms with E-state index in [1.807, 2.05) is 24.3 Å². The Bertz CT molecular complexity index is 2350. The zero-order chi connectivity index (χ0) is 31.0. The van der Waals surface area contributed by atoms with Crippen LogP contribution in [-0.2, 0) is 0 Å². The smallest absolute Gasteiger partial charge is 0.141 e. The maximum Gasteiger partial charge on any atom is 0.141 e. The van der Waals surface area contributed by atoms with Gasteiger partial charge in [0.1, 0.15) is 23.5 Å². The molecule has 8 aromatic rings. The van der Waals surface area contributed by atoms with Gasteiger partial charge >= 0.3 is 0 Å². The maximum atomic E-state index is 9.26. The summed E-state index contributed by atoms with van der Waals surface area (Å²) in [6.07, 6.45) is 3.35. The Labute approximate surface area is 266 Å². The number of benzene rings is 6. The van der Waals surface area contributed by atoms with Crippen molar-refractivity contribution in [2.24, 2.45) is 0 Å². The second-order valence-electron chi connectivity index (χ2n) is 11.3. The normalized spacial score (nSPS) is 11.0. The molecule has 0 aliphatic rings. The third-order valence-electron chi connectivity index (χ3n) is 8.69. The summed E-state index contributed by atoms with van der Waals surface area (Å²) < 4.78 is 0. The van der Waals surface area contributed by atoms with Crippen molar-refractivity contribution in [1.29, 1.82) is 10.5 Å². The minimum Gasteiger partial charge on any atom is -0.246 e. The Morgan fingerprint density at radius 1 is 0.326 bits per heavy atom. The first-order chi connectivity index (χ1) is 22.7. The quantitative estimate of drug-likeness (QED) is 0.193. The molecule has 0 bridgehead atoms. The van der Waals surface area contributed by atoms with Gasteiger partial charge in [-0.2, -0.15) is 10.5 Å². The highest BCUT2D eigenvalue weighted by molar-refractivity contribution is 6.26. The highest BCUT2D eigenvalue weighted by atomic mass is 14.7. The maximum absolute atomic E-state index is 9.26. The van der Waals surface area contributed by atoms with E-state index < -0.39 is 0 Å². The first-order valence-electron chi connectivity index (χ1n) is 15.0. The molecule has 6 aromatic carbocycles. The fraction of sp³-hybridized carbons (Fsp3) is 0. The first-order valence-corrected chi connectivity index (χ1v) is 15.0. The number of aromatic nitrogens is 2. The van der Waals surface area contributed by atoms with Gasteiger partial charge in [0.2, 0.25) is 0 Å². The Morgan fingerprint density at radius 3 is 1.02 bits per heavy atom. The minimum absolute atomic E-state index is 0.411. The zero-order valence-corrected chi connectivity index (χ0v) is 24.6. The molecule has 0 radical (unpaired) electrons. The summed E-state index contributed by atoms with van der Waals surface area (Å²) in [5.74, 6) is 0. The van der Waals surface area contributed by atoms with Gasteiger partial charge in [0, 0.05) is 12.4 Å².